The Balaban J connectivity index is 3.56. The van der Waals surface area contributed by atoms with E-state index < -0.39 is 12.3 Å². The number of hydrogen-bond donors (Lipinski definition) is 0. The van der Waals surface area contributed by atoms with Crippen molar-refractivity contribution in [3.05, 3.63) is 18.8 Å². The van der Waals surface area contributed by atoms with Crippen molar-refractivity contribution in [1.29, 1.82) is 0 Å². The van der Waals surface area contributed by atoms with Crippen LogP contribution < -0.4 is 0 Å². The Morgan fingerprint density at radius 2 is 2.00 bits per heavy atom. The van der Waals surface area contributed by atoms with Gasteiger partial charge in [0.05, 0.1) is 0 Å². The molecular weight excluding hydrogens is 105 g/mol. The molecule has 0 aliphatic carbocycles. The fraction of sp³-hybridized carbons (Fsp3) is 0.250. The minimum absolute atomic E-state index is 0.491. The van der Waals surface area contributed by atoms with Gasteiger partial charge in [0.15, 0.2) is 5.83 Å². The highest BCUT2D eigenvalue weighted by Gasteiger charge is 2.06. The van der Waals surface area contributed by atoms with E-state index in [1.807, 2.05) is 0 Å². The van der Waals surface area contributed by atoms with Crippen molar-refractivity contribution in [2.75, 3.05) is 0 Å². The van der Waals surface area contributed by atoms with E-state index >= 15 is 0 Å². The lowest BCUT2D eigenvalue weighted by Crippen LogP contribution is -1.87. The van der Waals surface area contributed by atoms with Gasteiger partial charge < -0.3 is 0 Å². The summed E-state index contributed by atoms with van der Waals surface area (Å²) in [7, 11) is 0. The zero-order valence-electron chi connectivity index (χ0n) is 3.50. The van der Waals surface area contributed by atoms with Gasteiger partial charge in [-0.3, -0.25) is 0 Å². The molecule has 0 aliphatic rings. The Hall–Kier alpha value is -0.470. The van der Waals surface area contributed by atoms with Crippen LogP contribution in [0, 0.1) is 6.92 Å². The first-order chi connectivity index (χ1) is 3.18. The van der Waals surface area contributed by atoms with Gasteiger partial charge in [-0.05, 0) is 13.0 Å². The summed E-state index contributed by atoms with van der Waals surface area (Å²) in [6.07, 6.45) is -2.51. The molecule has 0 bridgehead atoms. The Morgan fingerprint density at radius 3 is 2.00 bits per heavy atom. The van der Waals surface area contributed by atoms with Crippen molar-refractivity contribution < 1.29 is 13.2 Å². The van der Waals surface area contributed by atoms with Crippen LogP contribution in [-0.2, 0) is 0 Å². The summed E-state index contributed by atoms with van der Waals surface area (Å²) in [5, 5.41) is 0. The van der Waals surface area contributed by atoms with Crippen LogP contribution in [0.25, 0.3) is 0 Å². The minimum Gasteiger partial charge on any atom is -0.206 e. The largest absolute Gasteiger partial charge is 0.289 e. The van der Waals surface area contributed by atoms with Crippen LogP contribution in [0.15, 0.2) is 11.9 Å². The number of allylic oxidation sites excluding steroid dienone is 2. The van der Waals surface area contributed by atoms with E-state index in [-0.39, 0.29) is 0 Å². The molecule has 0 rings (SSSR count). The molecule has 0 nitrogen and oxygen atoms in total. The molecule has 0 amide bonds. The van der Waals surface area contributed by atoms with E-state index in [2.05, 4.69) is 6.92 Å². The second-order valence-electron chi connectivity index (χ2n) is 0.890. The van der Waals surface area contributed by atoms with E-state index in [0.29, 0.717) is 6.08 Å². The summed E-state index contributed by atoms with van der Waals surface area (Å²) >= 11 is 0. The standard InChI is InChI=1S/C4H4F3/c1-2-3(5)4(6)7/h2,4H,1H2/b3-2-. The summed E-state index contributed by atoms with van der Waals surface area (Å²) in [6.45, 7) is 2.79. The van der Waals surface area contributed by atoms with Crippen molar-refractivity contribution in [1.82, 2.24) is 0 Å². The molecule has 0 heterocycles. The maximum Gasteiger partial charge on any atom is 0.289 e. The summed E-state index contributed by atoms with van der Waals surface area (Å²) in [5.74, 6) is -1.47. The highest BCUT2D eigenvalue weighted by molar-refractivity contribution is 4.95. The quantitative estimate of drug-likeness (QED) is 0.482. The molecule has 0 saturated heterocycles. The zero-order valence-corrected chi connectivity index (χ0v) is 3.50. The van der Waals surface area contributed by atoms with Gasteiger partial charge in [0.25, 0.3) is 6.43 Å². The highest BCUT2D eigenvalue weighted by Crippen LogP contribution is 2.07. The van der Waals surface area contributed by atoms with Crippen molar-refractivity contribution >= 4 is 0 Å². The third kappa shape index (κ3) is 2.25. The maximum atomic E-state index is 11.3. The van der Waals surface area contributed by atoms with Crippen molar-refractivity contribution in [2.24, 2.45) is 0 Å². The van der Waals surface area contributed by atoms with Crippen LogP contribution in [0.4, 0.5) is 13.2 Å². The van der Waals surface area contributed by atoms with Gasteiger partial charge in [0.2, 0.25) is 0 Å². The lowest BCUT2D eigenvalue weighted by Gasteiger charge is -1.87. The summed E-state index contributed by atoms with van der Waals surface area (Å²) in [4.78, 5) is 0. The molecule has 3 heteroatoms. The molecule has 0 unspecified atom stereocenters. The van der Waals surface area contributed by atoms with Crippen LogP contribution in [-0.4, -0.2) is 6.43 Å². The van der Waals surface area contributed by atoms with Gasteiger partial charge in [-0.15, -0.1) is 0 Å². The number of hydrogen-bond acceptors (Lipinski definition) is 0. The van der Waals surface area contributed by atoms with E-state index in [1.54, 1.807) is 0 Å². The molecule has 7 heavy (non-hydrogen) atoms. The number of halogens is 3. The smallest absolute Gasteiger partial charge is 0.206 e. The SMILES string of the molecule is [CH2]/C=C(\F)C(F)F. The molecule has 0 aromatic heterocycles. The monoisotopic (exact) mass is 109 g/mol. The zero-order chi connectivity index (χ0) is 5.86. The molecule has 1 radical (unpaired) electrons. The van der Waals surface area contributed by atoms with E-state index in [4.69, 9.17) is 0 Å². The van der Waals surface area contributed by atoms with E-state index in [1.165, 1.54) is 0 Å². The van der Waals surface area contributed by atoms with Crippen LogP contribution >= 0.6 is 0 Å². The third-order valence-corrected chi connectivity index (χ3v) is 0.403. The first kappa shape index (κ1) is 6.53. The summed E-state index contributed by atoms with van der Waals surface area (Å²) < 4.78 is 33.2. The van der Waals surface area contributed by atoms with Gasteiger partial charge in [0.1, 0.15) is 0 Å². The molecule has 41 valence electrons. The van der Waals surface area contributed by atoms with Crippen LogP contribution in [0.2, 0.25) is 0 Å². The second-order valence-corrected chi connectivity index (χ2v) is 0.890. The first-order valence-corrected chi connectivity index (χ1v) is 1.61. The van der Waals surface area contributed by atoms with Gasteiger partial charge in [-0.25, -0.2) is 13.2 Å². The molecule has 0 aliphatic heterocycles. The van der Waals surface area contributed by atoms with Gasteiger partial charge >= 0.3 is 0 Å². The van der Waals surface area contributed by atoms with Gasteiger partial charge in [0, 0.05) is 0 Å². The number of alkyl halides is 2. The molecular formula is C4H4F3. The Morgan fingerprint density at radius 1 is 1.57 bits per heavy atom. The van der Waals surface area contributed by atoms with Crippen LogP contribution in [0.5, 0.6) is 0 Å². The third-order valence-electron chi connectivity index (χ3n) is 0.403. The maximum absolute atomic E-state index is 11.3. The van der Waals surface area contributed by atoms with E-state index in [9.17, 15) is 13.2 Å². The average molecular weight is 109 g/mol. The summed E-state index contributed by atoms with van der Waals surface area (Å²) in [5.41, 5.74) is 0. The highest BCUT2D eigenvalue weighted by atomic mass is 19.3. The Labute approximate surface area is 39.6 Å². The lowest BCUT2D eigenvalue weighted by molar-refractivity contribution is 0.159. The average Bonchev–Trinajstić information content (AvgIpc) is 1.65. The number of rotatable bonds is 1. The second kappa shape index (κ2) is 2.66. The summed E-state index contributed by atoms with van der Waals surface area (Å²) in [6, 6.07) is 0. The van der Waals surface area contributed by atoms with Crippen LogP contribution in [0.1, 0.15) is 0 Å². The van der Waals surface area contributed by atoms with Crippen molar-refractivity contribution in [3.63, 3.8) is 0 Å². The fourth-order valence-corrected chi connectivity index (χ4v) is 0.0891. The molecule has 0 aromatic carbocycles. The fourth-order valence-electron chi connectivity index (χ4n) is 0.0891. The Kier molecular flexibility index (Phi) is 2.48. The van der Waals surface area contributed by atoms with Crippen molar-refractivity contribution in [2.45, 2.75) is 6.43 Å². The van der Waals surface area contributed by atoms with Crippen LogP contribution in [0.3, 0.4) is 0 Å². The van der Waals surface area contributed by atoms with E-state index in [0.717, 1.165) is 0 Å². The molecule has 0 saturated carbocycles. The predicted octanol–water partition coefficient (Wildman–Crippen LogP) is 1.94. The lowest BCUT2D eigenvalue weighted by atomic mass is 10.5. The molecule has 0 aromatic rings. The minimum atomic E-state index is -3.00. The molecule has 0 fully saturated rings. The van der Waals surface area contributed by atoms with Gasteiger partial charge in [-0.1, -0.05) is 0 Å². The van der Waals surface area contributed by atoms with Gasteiger partial charge in [-0.2, -0.15) is 0 Å². The topological polar surface area (TPSA) is 0 Å². The first-order valence-electron chi connectivity index (χ1n) is 1.61. The molecule has 0 spiro atoms. The molecule has 0 N–H and O–H groups in total. The predicted molar refractivity (Wildman–Crippen MR) is 20.6 cm³/mol. The normalized spacial score (nSPS) is 13.0. The Bertz CT molecular complexity index is 75.0. The molecule has 0 atom stereocenters. The van der Waals surface area contributed by atoms with Crippen molar-refractivity contribution in [3.8, 4) is 0 Å².